The molecule has 128 valence electrons. The van der Waals surface area contributed by atoms with Crippen molar-refractivity contribution in [1.29, 1.82) is 0 Å². The fourth-order valence-electron chi connectivity index (χ4n) is 2.46. The van der Waals surface area contributed by atoms with E-state index in [9.17, 15) is 4.79 Å². The number of ether oxygens (including phenoxy) is 2. The Kier molecular flexibility index (Phi) is 5.85. The van der Waals surface area contributed by atoms with Crippen molar-refractivity contribution in [3.63, 3.8) is 0 Å². The molecule has 0 saturated carbocycles. The van der Waals surface area contributed by atoms with Gasteiger partial charge in [-0.2, -0.15) is 0 Å². The molecule has 1 aliphatic heterocycles. The van der Waals surface area contributed by atoms with Crippen LogP contribution in [-0.4, -0.2) is 49.9 Å². The lowest BCUT2D eigenvalue weighted by Gasteiger charge is -2.28. The van der Waals surface area contributed by atoms with Crippen molar-refractivity contribution in [2.24, 2.45) is 0 Å². The first-order valence-corrected chi connectivity index (χ1v) is 7.97. The highest BCUT2D eigenvalue weighted by molar-refractivity contribution is 5.86. The molecule has 0 spiro atoms. The van der Waals surface area contributed by atoms with E-state index in [0.29, 0.717) is 5.75 Å². The number of piperazine rings is 1. The predicted octanol–water partition coefficient (Wildman–Crippen LogP) is 2.45. The summed E-state index contributed by atoms with van der Waals surface area (Å²) in [6.45, 7) is 10.3. The molecule has 1 aliphatic rings. The summed E-state index contributed by atoms with van der Waals surface area (Å²) in [5, 5.41) is 6.19. The number of hydrogen-bond donors (Lipinski definition) is 2. The normalized spacial score (nSPS) is 16.0. The van der Waals surface area contributed by atoms with Gasteiger partial charge in [0.2, 0.25) is 0 Å². The van der Waals surface area contributed by atoms with Crippen LogP contribution in [0.4, 0.5) is 10.5 Å². The number of nitrogens with one attached hydrogen (secondary N) is 2. The van der Waals surface area contributed by atoms with E-state index in [1.807, 2.05) is 39.0 Å². The molecule has 0 atom stereocenters. The van der Waals surface area contributed by atoms with E-state index in [-0.39, 0.29) is 0 Å². The maximum atomic E-state index is 12.1. The summed E-state index contributed by atoms with van der Waals surface area (Å²) in [4.78, 5) is 14.4. The average molecular weight is 321 g/mol. The van der Waals surface area contributed by atoms with Crippen molar-refractivity contribution in [2.45, 2.75) is 32.9 Å². The first-order valence-electron chi connectivity index (χ1n) is 7.97. The number of benzene rings is 1. The number of carbonyl (C=O) groups is 1. The van der Waals surface area contributed by atoms with Crippen LogP contribution in [0, 0.1) is 0 Å². The third-order valence-corrected chi connectivity index (χ3v) is 3.56. The summed E-state index contributed by atoms with van der Waals surface area (Å²) in [5.74, 6) is 0.708. The Hall–Kier alpha value is -1.79. The number of rotatable bonds is 4. The van der Waals surface area contributed by atoms with Crippen molar-refractivity contribution in [3.05, 3.63) is 23.8 Å². The predicted molar refractivity (Wildman–Crippen MR) is 91.0 cm³/mol. The summed E-state index contributed by atoms with van der Waals surface area (Å²) in [7, 11) is 1.61. The summed E-state index contributed by atoms with van der Waals surface area (Å²) in [6, 6.07) is 5.74. The van der Waals surface area contributed by atoms with Crippen LogP contribution in [0.1, 0.15) is 26.3 Å². The second-order valence-corrected chi connectivity index (χ2v) is 6.68. The van der Waals surface area contributed by atoms with E-state index in [2.05, 4.69) is 15.5 Å². The Morgan fingerprint density at radius 1 is 1.30 bits per heavy atom. The maximum Gasteiger partial charge on any atom is 0.412 e. The molecule has 2 rings (SSSR count). The van der Waals surface area contributed by atoms with E-state index in [0.717, 1.165) is 44.0 Å². The molecule has 0 aliphatic carbocycles. The first kappa shape index (κ1) is 17.6. The zero-order valence-electron chi connectivity index (χ0n) is 14.4. The van der Waals surface area contributed by atoms with Crippen LogP contribution in [0.15, 0.2) is 18.2 Å². The zero-order valence-corrected chi connectivity index (χ0v) is 14.4. The Balaban J connectivity index is 2.12. The molecule has 0 radical (unpaired) electrons. The van der Waals surface area contributed by atoms with Gasteiger partial charge in [0.15, 0.2) is 0 Å². The molecule has 2 N–H and O–H groups in total. The Morgan fingerprint density at radius 2 is 2.00 bits per heavy atom. The third-order valence-electron chi connectivity index (χ3n) is 3.56. The number of carbonyl (C=O) groups excluding carboxylic acids is 1. The summed E-state index contributed by atoms with van der Waals surface area (Å²) < 4.78 is 10.6. The lowest BCUT2D eigenvalue weighted by atomic mass is 10.1. The molecule has 1 saturated heterocycles. The molecule has 0 bridgehead atoms. The van der Waals surface area contributed by atoms with Crippen molar-refractivity contribution < 1.29 is 14.3 Å². The van der Waals surface area contributed by atoms with E-state index < -0.39 is 11.7 Å². The Bertz CT molecular complexity index is 534. The van der Waals surface area contributed by atoms with E-state index in [1.165, 1.54) is 0 Å². The molecule has 1 heterocycles. The zero-order chi connectivity index (χ0) is 16.9. The molecule has 0 unspecified atom stereocenters. The fraction of sp³-hybridized carbons (Fsp3) is 0.588. The average Bonchev–Trinajstić information content (AvgIpc) is 2.48. The van der Waals surface area contributed by atoms with Crippen molar-refractivity contribution >= 4 is 11.8 Å². The summed E-state index contributed by atoms with van der Waals surface area (Å²) in [6.07, 6.45) is -0.452. The molecule has 6 nitrogen and oxygen atoms in total. The monoisotopic (exact) mass is 321 g/mol. The van der Waals surface area contributed by atoms with Crippen molar-refractivity contribution in [2.75, 3.05) is 38.6 Å². The quantitative estimate of drug-likeness (QED) is 0.892. The largest absolute Gasteiger partial charge is 0.497 e. The van der Waals surface area contributed by atoms with Crippen LogP contribution in [0.3, 0.4) is 0 Å². The van der Waals surface area contributed by atoms with Gasteiger partial charge in [0.1, 0.15) is 11.4 Å². The fourth-order valence-corrected chi connectivity index (χ4v) is 2.46. The van der Waals surface area contributed by atoms with E-state index >= 15 is 0 Å². The SMILES string of the molecule is COc1ccc(CN2CCNCC2)c(NC(=O)OC(C)(C)C)c1. The molecule has 0 aromatic heterocycles. The highest BCUT2D eigenvalue weighted by atomic mass is 16.6. The summed E-state index contributed by atoms with van der Waals surface area (Å²) >= 11 is 0. The number of methoxy groups -OCH3 is 1. The minimum Gasteiger partial charge on any atom is -0.497 e. The third kappa shape index (κ3) is 5.73. The second-order valence-electron chi connectivity index (χ2n) is 6.68. The van der Waals surface area contributed by atoms with Gasteiger partial charge in [-0.3, -0.25) is 10.2 Å². The molecule has 6 heteroatoms. The number of hydrogen-bond acceptors (Lipinski definition) is 5. The maximum absolute atomic E-state index is 12.1. The highest BCUT2D eigenvalue weighted by Gasteiger charge is 2.19. The number of amides is 1. The van der Waals surface area contributed by atoms with Gasteiger partial charge in [-0.1, -0.05) is 6.07 Å². The van der Waals surface area contributed by atoms with Gasteiger partial charge in [-0.05, 0) is 32.4 Å². The molecule has 1 amide bonds. The second kappa shape index (κ2) is 7.66. The van der Waals surface area contributed by atoms with E-state index in [4.69, 9.17) is 9.47 Å². The molecular formula is C17H27N3O3. The first-order chi connectivity index (χ1) is 10.9. The standard InChI is InChI=1S/C17H27N3O3/c1-17(2,3)23-16(21)19-15-11-14(22-4)6-5-13(15)12-20-9-7-18-8-10-20/h5-6,11,18H,7-10,12H2,1-4H3,(H,19,21). The van der Waals surface area contributed by atoms with Gasteiger partial charge in [0, 0.05) is 38.8 Å². The van der Waals surface area contributed by atoms with Gasteiger partial charge < -0.3 is 14.8 Å². The van der Waals surface area contributed by atoms with Gasteiger partial charge in [-0.25, -0.2) is 4.79 Å². The van der Waals surface area contributed by atoms with Gasteiger partial charge >= 0.3 is 6.09 Å². The van der Waals surface area contributed by atoms with Crippen molar-refractivity contribution in [1.82, 2.24) is 10.2 Å². The minimum atomic E-state index is -0.526. The molecule has 23 heavy (non-hydrogen) atoms. The summed E-state index contributed by atoms with van der Waals surface area (Å²) in [5.41, 5.74) is 1.26. The van der Waals surface area contributed by atoms with Crippen LogP contribution < -0.4 is 15.4 Å². The Morgan fingerprint density at radius 3 is 2.61 bits per heavy atom. The van der Waals surface area contributed by atoms with Gasteiger partial charge in [-0.15, -0.1) is 0 Å². The lowest BCUT2D eigenvalue weighted by Crippen LogP contribution is -2.43. The van der Waals surface area contributed by atoms with Crippen LogP contribution in [-0.2, 0) is 11.3 Å². The van der Waals surface area contributed by atoms with Crippen LogP contribution in [0.5, 0.6) is 5.75 Å². The number of anilines is 1. The Labute approximate surface area is 138 Å². The van der Waals surface area contributed by atoms with Gasteiger partial charge in [0.25, 0.3) is 0 Å². The lowest BCUT2D eigenvalue weighted by molar-refractivity contribution is 0.0635. The smallest absolute Gasteiger partial charge is 0.412 e. The van der Waals surface area contributed by atoms with E-state index in [1.54, 1.807) is 7.11 Å². The number of nitrogens with zero attached hydrogens (tertiary/aromatic N) is 1. The molecular weight excluding hydrogens is 294 g/mol. The highest BCUT2D eigenvalue weighted by Crippen LogP contribution is 2.25. The van der Waals surface area contributed by atoms with Gasteiger partial charge in [0.05, 0.1) is 12.8 Å². The molecule has 1 fully saturated rings. The minimum absolute atomic E-state index is 0.452. The topological polar surface area (TPSA) is 62.8 Å². The van der Waals surface area contributed by atoms with Crippen LogP contribution in [0.25, 0.3) is 0 Å². The van der Waals surface area contributed by atoms with Crippen LogP contribution >= 0.6 is 0 Å². The van der Waals surface area contributed by atoms with Crippen LogP contribution in [0.2, 0.25) is 0 Å². The molecule has 1 aromatic rings. The van der Waals surface area contributed by atoms with Crippen molar-refractivity contribution in [3.8, 4) is 5.75 Å². The molecule has 1 aromatic carbocycles.